The summed E-state index contributed by atoms with van der Waals surface area (Å²) in [5, 5.41) is 9.39. The van der Waals surface area contributed by atoms with Crippen molar-refractivity contribution in [3.63, 3.8) is 0 Å². The van der Waals surface area contributed by atoms with Crippen molar-refractivity contribution in [3.05, 3.63) is 17.9 Å². The van der Waals surface area contributed by atoms with Crippen LogP contribution in [0.15, 0.2) is 17.9 Å². The van der Waals surface area contributed by atoms with Crippen molar-refractivity contribution in [1.82, 2.24) is 0 Å². The molecule has 0 amide bonds. The first-order valence-electron chi connectivity index (χ1n) is 4.32. The Morgan fingerprint density at radius 2 is 2.36 bits per heavy atom. The van der Waals surface area contributed by atoms with Crippen molar-refractivity contribution in [1.29, 1.82) is 0 Å². The highest BCUT2D eigenvalue weighted by Gasteiger charge is 2.22. The maximum atomic E-state index is 9.39. The third-order valence-electron chi connectivity index (χ3n) is 2.47. The van der Waals surface area contributed by atoms with Gasteiger partial charge in [0, 0.05) is 5.92 Å². The van der Waals surface area contributed by atoms with Crippen LogP contribution in [0.2, 0.25) is 0 Å². The minimum Gasteiger partial charge on any atom is -0.393 e. The van der Waals surface area contributed by atoms with Crippen molar-refractivity contribution in [2.24, 2.45) is 5.92 Å². The Labute approximate surface area is 68.4 Å². The van der Waals surface area contributed by atoms with E-state index in [0.717, 1.165) is 12.8 Å². The van der Waals surface area contributed by atoms with Gasteiger partial charge in [-0.15, -0.1) is 5.73 Å². The second kappa shape index (κ2) is 3.75. The normalized spacial score (nSPS) is 27.8. The van der Waals surface area contributed by atoms with Crippen molar-refractivity contribution in [2.45, 2.75) is 38.7 Å². The Balaban J connectivity index is 2.67. The highest BCUT2D eigenvalue weighted by atomic mass is 16.3. The van der Waals surface area contributed by atoms with Gasteiger partial charge in [0.05, 0.1) is 6.10 Å². The topological polar surface area (TPSA) is 20.2 Å². The minimum absolute atomic E-state index is 0.223. The van der Waals surface area contributed by atoms with Crippen LogP contribution in [0.5, 0.6) is 0 Å². The lowest BCUT2D eigenvalue weighted by Gasteiger charge is -2.25. The number of hydrogen-bond donors (Lipinski definition) is 1. The van der Waals surface area contributed by atoms with E-state index in [9.17, 15) is 5.11 Å². The summed E-state index contributed by atoms with van der Waals surface area (Å²) < 4.78 is 0. The SMILES string of the molecule is C=C=C1CCCCC1C(C)O. The highest BCUT2D eigenvalue weighted by Crippen LogP contribution is 2.30. The van der Waals surface area contributed by atoms with E-state index in [4.69, 9.17) is 0 Å². The zero-order valence-corrected chi connectivity index (χ0v) is 7.14. The molecule has 0 aromatic heterocycles. The minimum atomic E-state index is -0.223. The van der Waals surface area contributed by atoms with E-state index in [-0.39, 0.29) is 6.10 Å². The molecular formula is C10H16O. The molecule has 1 fully saturated rings. The molecule has 0 heterocycles. The Kier molecular flexibility index (Phi) is 2.92. The Morgan fingerprint density at radius 1 is 1.64 bits per heavy atom. The largest absolute Gasteiger partial charge is 0.393 e. The van der Waals surface area contributed by atoms with Crippen LogP contribution in [0, 0.1) is 5.92 Å². The van der Waals surface area contributed by atoms with Gasteiger partial charge in [-0.05, 0) is 31.8 Å². The summed E-state index contributed by atoms with van der Waals surface area (Å²) in [6.45, 7) is 5.50. The maximum Gasteiger partial charge on any atom is 0.0583 e. The van der Waals surface area contributed by atoms with E-state index in [2.05, 4.69) is 12.3 Å². The summed E-state index contributed by atoms with van der Waals surface area (Å²) in [6, 6.07) is 0. The summed E-state index contributed by atoms with van der Waals surface area (Å²) in [7, 11) is 0. The molecule has 1 aliphatic carbocycles. The predicted molar refractivity (Wildman–Crippen MR) is 46.3 cm³/mol. The standard InChI is InChI=1S/C10H16O/c1-3-9-6-4-5-7-10(9)8(2)11/h8,10-11H,1,4-7H2,2H3. The Morgan fingerprint density at radius 3 is 2.82 bits per heavy atom. The summed E-state index contributed by atoms with van der Waals surface area (Å²) in [6.07, 6.45) is 4.44. The van der Waals surface area contributed by atoms with Crippen LogP contribution in [0.3, 0.4) is 0 Å². The second-order valence-corrected chi connectivity index (χ2v) is 3.29. The molecule has 1 heteroatoms. The van der Waals surface area contributed by atoms with E-state index < -0.39 is 0 Å². The van der Waals surface area contributed by atoms with Crippen molar-refractivity contribution >= 4 is 0 Å². The fourth-order valence-corrected chi connectivity index (χ4v) is 1.79. The number of rotatable bonds is 1. The van der Waals surface area contributed by atoms with Gasteiger partial charge in [-0.25, -0.2) is 0 Å². The molecule has 2 unspecified atom stereocenters. The molecule has 1 nitrogen and oxygen atoms in total. The van der Waals surface area contributed by atoms with Crippen LogP contribution in [-0.2, 0) is 0 Å². The summed E-state index contributed by atoms with van der Waals surface area (Å²) in [5.41, 5.74) is 4.17. The van der Waals surface area contributed by atoms with E-state index in [1.807, 2.05) is 6.92 Å². The molecule has 0 aromatic carbocycles. The summed E-state index contributed by atoms with van der Waals surface area (Å²) in [4.78, 5) is 0. The van der Waals surface area contributed by atoms with Crippen LogP contribution < -0.4 is 0 Å². The first-order chi connectivity index (χ1) is 5.25. The van der Waals surface area contributed by atoms with Crippen LogP contribution in [-0.4, -0.2) is 11.2 Å². The molecular weight excluding hydrogens is 136 g/mol. The molecule has 1 rings (SSSR count). The molecule has 0 spiro atoms. The quantitative estimate of drug-likeness (QED) is 0.571. The fraction of sp³-hybridized carbons (Fsp3) is 0.700. The van der Waals surface area contributed by atoms with Crippen molar-refractivity contribution < 1.29 is 5.11 Å². The zero-order valence-electron chi connectivity index (χ0n) is 7.14. The van der Waals surface area contributed by atoms with Crippen LogP contribution >= 0.6 is 0 Å². The average molecular weight is 152 g/mol. The van der Waals surface area contributed by atoms with Crippen molar-refractivity contribution in [2.75, 3.05) is 0 Å². The zero-order chi connectivity index (χ0) is 8.27. The molecule has 1 N–H and O–H groups in total. The maximum absolute atomic E-state index is 9.39. The lowest BCUT2D eigenvalue weighted by molar-refractivity contribution is 0.129. The lowest BCUT2D eigenvalue weighted by atomic mass is 9.82. The van der Waals surface area contributed by atoms with Crippen LogP contribution in [0.4, 0.5) is 0 Å². The van der Waals surface area contributed by atoms with Gasteiger partial charge in [0.15, 0.2) is 0 Å². The highest BCUT2D eigenvalue weighted by molar-refractivity contribution is 5.08. The van der Waals surface area contributed by atoms with Gasteiger partial charge < -0.3 is 5.11 Å². The van der Waals surface area contributed by atoms with Crippen LogP contribution in [0.25, 0.3) is 0 Å². The molecule has 1 saturated carbocycles. The molecule has 1 aliphatic rings. The first kappa shape index (κ1) is 8.58. The monoisotopic (exact) mass is 152 g/mol. The lowest BCUT2D eigenvalue weighted by Crippen LogP contribution is -2.21. The van der Waals surface area contributed by atoms with Gasteiger partial charge in [0.25, 0.3) is 0 Å². The first-order valence-corrected chi connectivity index (χ1v) is 4.32. The van der Waals surface area contributed by atoms with Crippen molar-refractivity contribution in [3.8, 4) is 0 Å². The summed E-state index contributed by atoms with van der Waals surface area (Å²) >= 11 is 0. The molecule has 0 saturated heterocycles. The smallest absolute Gasteiger partial charge is 0.0583 e. The van der Waals surface area contributed by atoms with Gasteiger partial charge in [0.1, 0.15) is 0 Å². The van der Waals surface area contributed by atoms with E-state index in [1.165, 1.54) is 18.4 Å². The molecule has 11 heavy (non-hydrogen) atoms. The third kappa shape index (κ3) is 1.95. The van der Waals surface area contributed by atoms with E-state index in [0.29, 0.717) is 5.92 Å². The molecule has 0 radical (unpaired) electrons. The molecule has 0 aliphatic heterocycles. The fourth-order valence-electron chi connectivity index (χ4n) is 1.79. The predicted octanol–water partition coefficient (Wildman–Crippen LogP) is 2.27. The van der Waals surface area contributed by atoms with Crippen LogP contribution in [0.1, 0.15) is 32.6 Å². The van der Waals surface area contributed by atoms with Gasteiger partial charge in [0.2, 0.25) is 0 Å². The van der Waals surface area contributed by atoms with E-state index in [1.54, 1.807) is 0 Å². The number of hydrogen-bond acceptors (Lipinski definition) is 1. The van der Waals surface area contributed by atoms with Gasteiger partial charge in [-0.2, -0.15) is 0 Å². The Hall–Kier alpha value is -0.520. The average Bonchev–Trinajstić information content (AvgIpc) is 2.04. The van der Waals surface area contributed by atoms with Gasteiger partial charge in [-0.1, -0.05) is 13.0 Å². The molecule has 0 aromatic rings. The third-order valence-corrected chi connectivity index (χ3v) is 2.47. The summed E-state index contributed by atoms with van der Waals surface area (Å²) in [5.74, 6) is 0.334. The molecule has 2 atom stereocenters. The number of aliphatic hydroxyl groups is 1. The Bertz CT molecular complexity index is 175. The molecule has 62 valence electrons. The molecule has 0 bridgehead atoms. The van der Waals surface area contributed by atoms with E-state index >= 15 is 0 Å². The van der Waals surface area contributed by atoms with Gasteiger partial charge >= 0.3 is 0 Å². The number of aliphatic hydroxyl groups excluding tert-OH is 1. The second-order valence-electron chi connectivity index (χ2n) is 3.29. The van der Waals surface area contributed by atoms with Gasteiger partial charge in [-0.3, -0.25) is 0 Å².